The Bertz CT molecular complexity index is 4250. The molecule has 0 bridgehead atoms. The Kier molecular flexibility index (Phi) is 103. The van der Waals surface area contributed by atoms with Gasteiger partial charge in [-0.25, -0.2) is 4.57 Å². The molecule has 0 amide bonds. The van der Waals surface area contributed by atoms with Crippen LogP contribution < -0.4 is 5.73 Å². The number of allylic oxidation sites excluding steroid dienone is 4. The predicted molar refractivity (Wildman–Crippen MR) is 484 cm³/mol. The van der Waals surface area contributed by atoms with Gasteiger partial charge in [-0.05, 0) is 260 Å². The SMILES string of the molecule is C#CC#CC#CC#CC#CC#CC#C.C#CC#CC#CC#CC#CC#CC#CC#CC#C.C#CC#CC#CC#CC#CC#CC#CN.CCCC/C=C\C/C=C\CCCCCCCCCOP(C)(=O)O.CCCCCCCCCCCCCCOC(COP(=O)(O)OC)CN(C)C.CCCCCCCCCCCCCCOP(C)(=O)O. The molecule has 0 radical (unpaired) electrons. The van der Waals surface area contributed by atoms with Gasteiger partial charge in [0, 0.05) is 75.2 Å². The highest BCUT2D eigenvalue weighted by Gasteiger charge is 2.22. The van der Waals surface area contributed by atoms with Crippen LogP contribution in [0, 0.1) is 275 Å². The van der Waals surface area contributed by atoms with Crippen molar-refractivity contribution in [3.05, 3.63) is 24.3 Å². The Labute approximate surface area is 705 Å². The standard InChI is InChI=1S/C20H44NO5P.C19H37O3P.C18H2.C15H33O3P.C14H3N.C14H2/c1-5-6-7-8-9-10-11-12-13-14-15-16-17-25-20(18-21(2)3)19-26-27(22,23)24-4;1-3-4-5-6-7-8-9-10-11-12-13-14-15-16-17-18-19-22-23(2,20)21;1-3-5-7-9-11-13-15-17-18-16-14-12-10-8-6-4-2;1-3-4-5-6-7-8-9-10-11-12-13-14-15-18-19(2,16)17;1-2-3-4-5-6-7-8-9-10-11-12-13-14-15;1-3-5-7-9-11-13-14-12-10-8-6-4-2/h20H,5-19H2,1-4H3,(H,22,23);6-7,9-10H,3-5,8,11-19H2,1-2H3,(H,20,21);1-2H;3-15H2,1-2H3,(H,16,17);1H,15H2;1-2H/b;7-6-,10-9-;;;;. The molecule has 0 aliphatic heterocycles. The van der Waals surface area contributed by atoms with Crippen LogP contribution in [-0.2, 0) is 36.5 Å². The maximum Gasteiger partial charge on any atom is 0.472 e. The summed E-state index contributed by atoms with van der Waals surface area (Å²) in [7, 11) is -5.41. The number of hydrogen-bond acceptors (Lipinski definition) is 10. The fraction of sp³-hybridized carbons (Fsp3) is 0.500. The molecule has 0 aliphatic rings. The predicted octanol–water partition coefficient (Wildman–Crippen LogP) is 17.7. The second-order valence-corrected chi connectivity index (χ2v) is 29.9. The number of nitrogens with two attached hydrogens (primary N) is 1. The van der Waals surface area contributed by atoms with Crippen LogP contribution in [0.3, 0.4) is 0 Å². The second-order valence-electron chi connectivity index (χ2n) is 24.6. The summed E-state index contributed by atoms with van der Waals surface area (Å²) in [5.74, 6) is 95.2. The zero-order valence-electron chi connectivity index (χ0n) is 70.2. The number of terminal acetylenes is 5. The lowest BCUT2D eigenvalue weighted by Crippen LogP contribution is -2.32. The molecule has 116 heavy (non-hydrogen) atoms. The van der Waals surface area contributed by atoms with E-state index in [9.17, 15) is 18.6 Å². The number of rotatable bonds is 50. The Balaban J connectivity index is -0.000000317. The molecular weight excluding hydrogens is 1500 g/mol. The summed E-state index contributed by atoms with van der Waals surface area (Å²) in [6, 6.07) is 2.12. The summed E-state index contributed by atoms with van der Waals surface area (Å²) in [6.07, 6.45) is 78.9. The van der Waals surface area contributed by atoms with Gasteiger partial charge in [0.05, 0.1) is 25.9 Å². The minimum Gasteiger partial charge on any atom is -0.374 e. The lowest BCUT2D eigenvalue weighted by Gasteiger charge is -2.22. The summed E-state index contributed by atoms with van der Waals surface area (Å²) in [4.78, 5) is 29.2. The third-order valence-electron chi connectivity index (χ3n) is 14.0. The first-order valence-electron chi connectivity index (χ1n) is 39.3. The van der Waals surface area contributed by atoms with Gasteiger partial charge < -0.3 is 39.1 Å². The number of phosphoric ester groups is 1. The number of unbranched alkanes of at least 4 members (excludes halogenated alkanes) is 31. The minimum atomic E-state index is -3.94. The van der Waals surface area contributed by atoms with Crippen molar-refractivity contribution in [1.29, 1.82) is 0 Å². The molecule has 16 heteroatoms. The van der Waals surface area contributed by atoms with E-state index in [1.165, 1.54) is 206 Å². The summed E-state index contributed by atoms with van der Waals surface area (Å²) in [5, 5.41) is 0. The van der Waals surface area contributed by atoms with Crippen LogP contribution in [0.4, 0.5) is 0 Å². The topological polar surface area (TPSA) is 187 Å². The third kappa shape index (κ3) is 130. The molecule has 0 aromatic rings. The van der Waals surface area contributed by atoms with Crippen LogP contribution >= 0.6 is 23.0 Å². The summed E-state index contributed by atoms with van der Waals surface area (Å²) in [5.41, 5.74) is 4.86. The van der Waals surface area contributed by atoms with E-state index in [2.05, 4.69) is 292 Å². The van der Waals surface area contributed by atoms with E-state index < -0.39 is 23.0 Å². The quantitative estimate of drug-likeness (QED) is 0.0148. The smallest absolute Gasteiger partial charge is 0.374 e. The van der Waals surface area contributed by atoms with E-state index in [1.54, 1.807) is 0 Å². The molecule has 0 spiro atoms. The van der Waals surface area contributed by atoms with Crippen LogP contribution in [-0.4, -0.2) is 93.2 Å². The molecule has 0 aliphatic carbocycles. The Hall–Kier alpha value is -10.5. The second kappa shape index (κ2) is 102. The highest BCUT2D eigenvalue weighted by atomic mass is 31.2. The monoisotopic (exact) mass is 1620 g/mol. The first kappa shape index (κ1) is 116. The Morgan fingerprint density at radius 2 is 0.560 bits per heavy atom. The molecule has 0 saturated heterocycles. The van der Waals surface area contributed by atoms with E-state index in [1.807, 2.05) is 19.0 Å². The lowest BCUT2D eigenvalue weighted by molar-refractivity contribution is -0.00390. The van der Waals surface area contributed by atoms with Crippen LogP contribution in [0.5, 0.6) is 0 Å². The van der Waals surface area contributed by atoms with Gasteiger partial charge in [0.15, 0.2) is 0 Å². The van der Waals surface area contributed by atoms with Crippen LogP contribution in [0.2, 0.25) is 0 Å². The maximum absolute atomic E-state index is 11.4. The van der Waals surface area contributed by atoms with Crippen molar-refractivity contribution in [2.75, 3.05) is 67.5 Å². The summed E-state index contributed by atoms with van der Waals surface area (Å²) in [6.45, 7) is 11.4. The molecule has 4 atom stereocenters. The molecule has 0 fully saturated rings. The highest BCUT2D eigenvalue weighted by Crippen LogP contribution is 2.42. The molecule has 13 nitrogen and oxygen atoms in total. The van der Waals surface area contributed by atoms with E-state index in [0.717, 1.165) is 45.6 Å². The highest BCUT2D eigenvalue weighted by molar-refractivity contribution is 7.52. The number of hydrogen-bond donors (Lipinski definition) is 4. The number of ether oxygens (including phenoxy) is 1. The lowest BCUT2D eigenvalue weighted by atomic mass is 10.1. The van der Waals surface area contributed by atoms with Crippen molar-refractivity contribution in [3.8, 4) is 275 Å². The van der Waals surface area contributed by atoms with E-state index in [0.29, 0.717) is 26.4 Å². The molecular formula is C100H121N2O11P3. The van der Waals surface area contributed by atoms with Crippen molar-refractivity contribution in [3.63, 3.8) is 0 Å². The molecule has 0 heterocycles. The van der Waals surface area contributed by atoms with Gasteiger partial charge in [-0.15, -0.1) is 32.1 Å². The maximum atomic E-state index is 11.4. The first-order chi connectivity index (χ1) is 56.3. The van der Waals surface area contributed by atoms with E-state index >= 15 is 0 Å². The van der Waals surface area contributed by atoms with Gasteiger partial charge in [0.1, 0.15) is 0 Å². The molecule has 0 rings (SSSR count). The van der Waals surface area contributed by atoms with Crippen LogP contribution in [0.1, 0.15) is 252 Å². The Morgan fingerprint density at radius 1 is 0.328 bits per heavy atom. The zero-order valence-corrected chi connectivity index (χ0v) is 72.9. The van der Waals surface area contributed by atoms with Crippen molar-refractivity contribution >= 4 is 23.0 Å². The van der Waals surface area contributed by atoms with E-state index in [-0.39, 0.29) is 12.7 Å². The fourth-order valence-electron chi connectivity index (χ4n) is 8.59. The van der Waals surface area contributed by atoms with Gasteiger partial charge in [0.25, 0.3) is 0 Å². The van der Waals surface area contributed by atoms with E-state index in [4.69, 9.17) is 65.9 Å². The number of likely N-dealkylation sites (N-methyl/N-ethyl adjacent to an activating group) is 1. The third-order valence-corrected chi connectivity index (χ3v) is 16.3. The van der Waals surface area contributed by atoms with Crippen molar-refractivity contribution in [2.45, 2.75) is 258 Å². The number of phosphoric acid groups is 1. The van der Waals surface area contributed by atoms with Crippen molar-refractivity contribution in [1.82, 2.24) is 4.90 Å². The van der Waals surface area contributed by atoms with Crippen LogP contribution in [0.15, 0.2) is 24.3 Å². The molecule has 0 aromatic carbocycles. The molecule has 0 aromatic heterocycles. The van der Waals surface area contributed by atoms with Gasteiger partial charge in [-0.1, -0.05) is 231 Å². The fourth-order valence-corrected chi connectivity index (χ4v) is 9.99. The molecule has 612 valence electrons. The number of nitrogens with zero attached hydrogens (tertiary/aromatic N) is 1. The minimum absolute atomic E-state index is 0.0536. The first-order valence-corrected chi connectivity index (χ1v) is 44.8. The van der Waals surface area contributed by atoms with Crippen molar-refractivity contribution in [2.24, 2.45) is 5.73 Å². The average molecular weight is 1620 g/mol. The average Bonchev–Trinajstić information content (AvgIpc) is 0.908. The van der Waals surface area contributed by atoms with Gasteiger partial charge in [0.2, 0.25) is 0 Å². The van der Waals surface area contributed by atoms with Gasteiger partial charge in [-0.3, -0.25) is 18.2 Å². The molecule has 0 saturated carbocycles. The zero-order chi connectivity index (χ0) is 87.0. The summed E-state index contributed by atoms with van der Waals surface area (Å²) >= 11 is 0. The molecule has 5 N–H and O–H groups in total. The molecule has 4 unspecified atom stereocenters. The van der Waals surface area contributed by atoms with Crippen LogP contribution in [0.25, 0.3) is 0 Å². The van der Waals surface area contributed by atoms with Crippen molar-refractivity contribution < 1.29 is 51.2 Å². The normalized spacial score (nSPS) is 10.3. The summed E-state index contributed by atoms with van der Waals surface area (Å²) < 4.78 is 58.0. The Morgan fingerprint density at radius 3 is 0.802 bits per heavy atom. The van der Waals surface area contributed by atoms with Gasteiger partial charge >= 0.3 is 23.0 Å². The largest absolute Gasteiger partial charge is 0.472 e. The van der Waals surface area contributed by atoms with Gasteiger partial charge in [-0.2, -0.15) is 0 Å².